The number of benzene rings is 2. The van der Waals surface area contributed by atoms with Gasteiger partial charge in [0.1, 0.15) is 0 Å². The second-order valence-electron chi connectivity index (χ2n) is 6.42. The largest absolute Gasteiger partial charge is 0.493 e. The average molecular weight is 425 g/mol. The van der Waals surface area contributed by atoms with Crippen molar-refractivity contribution < 1.29 is 22.7 Å². The minimum atomic E-state index is -3.74. The normalized spacial score (nSPS) is 17.0. The van der Waals surface area contributed by atoms with Gasteiger partial charge in [0, 0.05) is 36.3 Å². The predicted octanol–water partition coefficient (Wildman–Crippen LogP) is 2.69. The molecule has 1 atom stereocenters. The fourth-order valence-electron chi connectivity index (χ4n) is 3.08. The molecular formula is C19H21ClN2O5S. The molecule has 1 fully saturated rings. The van der Waals surface area contributed by atoms with Crippen LogP contribution in [0.2, 0.25) is 5.02 Å². The van der Waals surface area contributed by atoms with Crippen LogP contribution in [0.4, 0.5) is 5.69 Å². The summed E-state index contributed by atoms with van der Waals surface area (Å²) in [5.74, 6) is 0.604. The Labute approximate surface area is 169 Å². The Morgan fingerprint density at radius 2 is 1.79 bits per heavy atom. The Morgan fingerprint density at radius 1 is 1.11 bits per heavy atom. The first-order valence-electron chi connectivity index (χ1n) is 8.61. The number of methoxy groups -OCH3 is 2. The van der Waals surface area contributed by atoms with Crippen LogP contribution < -0.4 is 19.1 Å². The minimum Gasteiger partial charge on any atom is -0.493 e. The maximum atomic E-state index is 12.6. The van der Waals surface area contributed by atoms with Gasteiger partial charge in [0.05, 0.1) is 19.1 Å². The smallest absolute Gasteiger partial charge is 0.240 e. The van der Waals surface area contributed by atoms with Gasteiger partial charge in [-0.3, -0.25) is 4.79 Å². The van der Waals surface area contributed by atoms with Crippen molar-refractivity contribution in [1.82, 2.24) is 4.72 Å². The van der Waals surface area contributed by atoms with E-state index in [0.717, 1.165) is 5.69 Å². The standard InChI is InChI=1S/C19H21ClN2O5S/c1-26-17-8-7-16(10-18(17)27-2)28(24,25)21-11-13-9-19(23)22(12-13)15-5-3-14(20)4-6-15/h3-8,10,13,21H,9,11-12H2,1-2H3/t13-/m1/s1. The van der Waals surface area contributed by atoms with Crippen LogP contribution >= 0.6 is 11.6 Å². The second-order valence-corrected chi connectivity index (χ2v) is 8.62. The zero-order valence-electron chi connectivity index (χ0n) is 15.5. The van der Waals surface area contributed by atoms with Crippen LogP contribution in [0.3, 0.4) is 0 Å². The Bertz CT molecular complexity index is 963. The van der Waals surface area contributed by atoms with E-state index in [9.17, 15) is 13.2 Å². The number of rotatable bonds is 7. The lowest BCUT2D eigenvalue weighted by Gasteiger charge is -2.17. The van der Waals surface area contributed by atoms with Gasteiger partial charge < -0.3 is 14.4 Å². The van der Waals surface area contributed by atoms with Crippen LogP contribution in [-0.4, -0.2) is 41.6 Å². The summed E-state index contributed by atoms with van der Waals surface area (Å²) in [6.45, 7) is 0.599. The lowest BCUT2D eigenvalue weighted by atomic mass is 10.1. The predicted molar refractivity (Wildman–Crippen MR) is 107 cm³/mol. The molecule has 1 N–H and O–H groups in total. The highest BCUT2D eigenvalue weighted by molar-refractivity contribution is 7.89. The molecular weight excluding hydrogens is 404 g/mol. The van der Waals surface area contributed by atoms with Crippen molar-refractivity contribution in [2.45, 2.75) is 11.3 Å². The number of nitrogens with zero attached hydrogens (tertiary/aromatic N) is 1. The summed E-state index contributed by atoms with van der Waals surface area (Å²) in [6.07, 6.45) is 0.275. The number of hydrogen-bond acceptors (Lipinski definition) is 5. The zero-order valence-corrected chi connectivity index (χ0v) is 17.1. The van der Waals surface area contributed by atoms with Crippen molar-refractivity contribution in [3.05, 3.63) is 47.5 Å². The lowest BCUT2D eigenvalue weighted by Crippen LogP contribution is -2.31. The van der Waals surface area contributed by atoms with E-state index in [1.807, 2.05) is 0 Å². The van der Waals surface area contributed by atoms with Crippen LogP contribution in [0.15, 0.2) is 47.4 Å². The van der Waals surface area contributed by atoms with Crippen LogP contribution in [0.5, 0.6) is 11.5 Å². The summed E-state index contributed by atoms with van der Waals surface area (Å²) in [7, 11) is -0.822. The molecule has 1 heterocycles. The van der Waals surface area contributed by atoms with Crippen LogP contribution in [0.1, 0.15) is 6.42 Å². The second kappa shape index (κ2) is 8.38. The molecule has 150 valence electrons. The molecule has 2 aromatic rings. The van der Waals surface area contributed by atoms with E-state index < -0.39 is 10.0 Å². The van der Waals surface area contributed by atoms with Gasteiger partial charge >= 0.3 is 0 Å². The van der Waals surface area contributed by atoms with E-state index in [-0.39, 0.29) is 29.7 Å². The Balaban J connectivity index is 1.66. The van der Waals surface area contributed by atoms with E-state index in [1.54, 1.807) is 29.2 Å². The maximum absolute atomic E-state index is 12.6. The van der Waals surface area contributed by atoms with E-state index in [2.05, 4.69) is 4.72 Å². The monoisotopic (exact) mass is 424 g/mol. The van der Waals surface area contributed by atoms with Gasteiger partial charge in [0.2, 0.25) is 15.9 Å². The topological polar surface area (TPSA) is 84.9 Å². The van der Waals surface area contributed by atoms with Gasteiger partial charge in [0.15, 0.2) is 11.5 Å². The first kappa shape index (κ1) is 20.4. The first-order chi connectivity index (χ1) is 13.3. The van der Waals surface area contributed by atoms with Crippen molar-refractivity contribution in [1.29, 1.82) is 0 Å². The molecule has 1 amide bonds. The third-order valence-electron chi connectivity index (χ3n) is 4.57. The molecule has 0 bridgehead atoms. The van der Waals surface area contributed by atoms with Gasteiger partial charge in [0.25, 0.3) is 0 Å². The molecule has 28 heavy (non-hydrogen) atoms. The summed E-state index contributed by atoms with van der Waals surface area (Å²) >= 11 is 5.89. The molecule has 3 rings (SSSR count). The highest BCUT2D eigenvalue weighted by atomic mass is 35.5. The Hall–Kier alpha value is -2.29. The Kier molecular flexibility index (Phi) is 6.12. The highest BCUT2D eigenvalue weighted by Gasteiger charge is 2.31. The van der Waals surface area contributed by atoms with Crippen molar-refractivity contribution in [3.8, 4) is 11.5 Å². The number of carbonyl (C=O) groups is 1. The number of sulfonamides is 1. The molecule has 0 aliphatic carbocycles. The fraction of sp³-hybridized carbons (Fsp3) is 0.316. The summed E-state index contributed by atoms with van der Waals surface area (Å²) in [6, 6.07) is 11.4. The van der Waals surface area contributed by atoms with Crippen molar-refractivity contribution in [2.24, 2.45) is 5.92 Å². The number of carbonyl (C=O) groups excluding carboxylic acids is 1. The molecule has 0 spiro atoms. The molecule has 0 unspecified atom stereocenters. The molecule has 1 saturated heterocycles. The van der Waals surface area contributed by atoms with Gasteiger partial charge in [-0.15, -0.1) is 0 Å². The van der Waals surface area contributed by atoms with Crippen LogP contribution in [-0.2, 0) is 14.8 Å². The quantitative estimate of drug-likeness (QED) is 0.738. The van der Waals surface area contributed by atoms with Crippen LogP contribution in [0.25, 0.3) is 0 Å². The number of ether oxygens (including phenoxy) is 2. The minimum absolute atomic E-state index is 0.0439. The summed E-state index contributed by atoms with van der Waals surface area (Å²) in [5, 5.41) is 0.592. The third kappa shape index (κ3) is 4.40. The van der Waals surface area contributed by atoms with Gasteiger partial charge in [-0.1, -0.05) is 11.6 Å². The molecule has 0 aromatic heterocycles. The van der Waals surface area contributed by atoms with Gasteiger partial charge in [-0.25, -0.2) is 13.1 Å². The number of amides is 1. The van der Waals surface area contributed by atoms with Crippen molar-refractivity contribution >= 4 is 33.2 Å². The number of halogens is 1. The number of anilines is 1. The molecule has 2 aromatic carbocycles. The van der Waals surface area contributed by atoms with E-state index >= 15 is 0 Å². The summed E-state index contributed by atoms with van der Waals surface area (Å²) in [4.78, 5) is 14.0. The maximum Gasteiger partial charge on any atom is 0.240 e. The molecule has 1 aliphatic heterocycles. The molecule has 0 radical (unpaired) electrons. The SMILES string of the molecule is COc1ccc(S(=O)(=O)NC[C@H]2CC(=O)N(c3ccc(Cl)cc3)C2)cc1OC. The molecule has 1 aliphatic rings. The van der Waals surface area contributed by atoms with Crippen molar-refractivity contribution in [3.63, 3.8) is 0 Å². The number of nitrogens with one attached hydrogen (secondary N) is 1. The molecule has 0 saturated carbocycles. The third-order valence-corrected chi connectivity index (χ3v) is 6.24. The van der Waals surface area contributed by atoms with E-state index in [1.165, 1.54) is 32.4 Å². The molecule has 7 nitrogen and oxygen atoms in total. The zero-order chi connectivity index (χ0) is 20.3. The highest BCUT2D eigenvalue weighted by Crippen LogP contribution is 2.30. The summed E-state index contributed by atoms with van der Waals surface area (Å²) in [5.41, 5.74) is 0.750. The average Bonchev–Trinajstić information content (AvgIpc) is 3.07. The van der Waals surface area contributed by atoms with E-state index in [4.69, 9.17) is 21.1 Å². The van der Waals surface area contributed by atoms with Crippen LogP contribution in [0, 0.1) is 5.92 Å². The molecule has 9 heteroatoms. The van der Waals surface area contributed by atoms with E-state index in [0.29, 0.717) is 23.1 Å². The first-order valence-corrected chi connectivity index (χ1v) is 10.5. The van der Waals surface area contributed by atoms with Gasteiger partial charge in [-0.2, -0.15) is 0 Å². The van der Waals surface area contributed by atoms with Gasteiger partial charge in [-0.05, 0) is 42.3 Å². The van der Waals surface area contributed by atoms with Crippen molar-refractivity contribution in [2.75, 3.05) is 32.2 Å². The Morgan fingerprint density at radius 3 is 2.43 bits per heavy atom. The summed E-state index contributed by atoms with van der Waals surface area (Å²) < 4.78 is 38.1. The lowest BCUT2D eigenvalue weighted by molar-refractivity contribution is -0.117. The fourth-order valence-corrected chi connectivity index (χ4v) is 4.34. The number of hydrogen-bond donors (Lipinski definition) is 1.